The van der Waals surface area contributed by atoms with Crippen molar-refractivity contribution in [1.82, 2.24) is 0 Å². The highest BCUT2D eigenvalue weighted by molar-refractivity contribution is 8.42. The molecule has 0 rings (SSSR count). The quantitative estimate of drug-likeness (QED) is 0.0534. The fourth-order valence-electron chi connectivity index (χ4n) is 15.9. The summed E-state index contributed by atoms with van der Waals surface area (Å²) < 4.78 is 0. The molecular formula is B89. The Morgan fingerprint density at radius 1 is 0.101 bits per heavy atom. The van der Waals surface area contributed by atoms with Crippen molar-refractivity contribution < 1.29 is 0 Å². The highest BCUT2D eigenvalue weighted by atomic mass is 13.5. The molecule has 89 heteroatoms. The molecule has 0 heterocycles. The molecule has 0 aliphatic carbocycles. The van der Waals surface area contributed by atoms with E-state index in [-0.39, 0.29) is 0 Å². The Balaban J connectivity index is 13.6. The van der Waals surface area contributed by atoms with Gasteiger partial charge in [-0.25, -0.2) is 0 Å². The summed E-state index contributed by atoms with van der Waals surface area (Å²) in [7, 11) is 315. The lowest BCUT2D eigenvalue weighted by Crippen LogP contribution is -3.00. The maximum absolute atomic E-state index is 7.29. The summed E-state index contributed by atoms with van der Waals surface area (Å²) in [6.07, 6.45) is -75.9. The van der Waals surface area contributed by atoms with Crippen molar-refractivity contribution in [3.63, 3.8) is 0 Å². The van der Waals surface area contributed by atoms with Gasteiger partial charge in [0.25, 0.3) is 0 Å². The van der Waals surface area contributed by atoms with Crippen LogP contribution in [0, 0.1) is 0 Å². The van der Waals surface area contributed by atoms with E-state index >= 15 is 0 Å². The molecule has 0 N–H and O–H groups in total. The Morgan fingerprint density at radius 3 is 0.247 bits per heavy atom. The Bertz CT molecular complexity index is 1420. The SMILES string of the molecule is [B][B]B(B([B])[B])B(B([B])[B])B(B(B(B([B])[B])B([B])[B])B(B([B])[B])B([B])[B])B(B(B(B(B([B])[B])B([B])[B])B(B([B])[B])B([B])[B])B(B(B([B])[B])B([B])[B])B(B([B])[B])B([B])[B])B(B(B(B([B])[B])B([B])[B])B(B([B])[B])B([B])[B])B(B(B([B])[B])B([B])[B])B(B([B])[B])B([B])[B]. The standard InChI is InChI=1S/B89/c1-46-69(47(2)3)80(68(44)45)86(81(70(48(4)5)49(6)7)71(50(8)9)51(10)11)89(87(82(72(52(12)13)53(14)15)73(54(16)17)55(18)19)83(74(56(20)21)57(22)23)75(58(24)25)59(26)27)88(84(76(60(28)29)61(30)31)77(62(32)33)63(34)35)85(78(64(36)37)65(38)39)79(66(40)41)67(42)43. The summed E-state index contributed by atoms with van der Waals surface area (Å²) in [6.45, 7) is 0. The third-order valence-electron chi connectivity index (χ3n) is 18.9. The molecule has 0 nitrogen and oxygen atoms in total. The zero-order valence-electron chi connectivity index (χ0n) is 51.4. The van der Waals surface area contributed by atoms with Gasteiger partial charge in [-0.15, -0.1) is 0 Å². The molecule has 0 aromatic carbocycles. The van der Waals surface area contributed by atoms with Crippen LogP contribution in [-0.4, -0.2) is 630 Å². The van der Waals surface area contributed by atoms with E-state index in [2.05, 4.69) is 0 Å². The first-order valence-corrected chi connectivity index (χ1v) is 29.3. The average molecular weight is 962 g/mol. The molecule has 0 saturated carbocycles. The van der Waals surface area contributed by atoms with Crippen molar-refractivity contribution in [2.24, 2.45) is 0 Å². The van der Waals surface area contributed by atoms with Crippen LogP contribution >= 0.6 is 0 Å². The summed E-state index contributed by atoms with van der Waals surface area (Å²) >= 11 is 0. The lowest BCUT2D eigenvalue weighted by molar-refractivity contribution is 3.13. The third-order valence-corrected chi connectivity index (χ3v) is 18.9. The molecule has 0 aromatic rings. The van der Waals surface area contributed by atoms with Gasteiger partial charge in [-0.05, 0) is 0 Å². The smallest absolute Gasteiger partial charge is 0 e. The fraction of sp³-hybridized carbons (Fsp3) is 0. The van der Waals surface area contributed by atoms with Gasteiger partial charge in [0.15, 0.2) is 0 Å². The summed E-state index contributed by atoms with van der Waals surface area (Å²) in [5, 5.41) is 0. The van der Waals surface area contributed by atoms with Crippen LogP contribution in [-0.2, 0) is 0 Å². The van der Waals surface area contributed by atoms with Crippen molar-refractivity contribution in [3.05, 3.63) is 0 Å². The lowest BCUT2D eigenvalue weighted by atomic mass is 8.19. The number of hydrogen-bond acceptors (Lipinski definition) is 0. The molecule has 267 valence electrons. The number of rotatable bonds is 43. The zero-order chi connectivity index (χ0) is 70.5. The van der Waals surface area contributed by atoms with Crippen molar-refractivity contribution in [1.29, 1.82) is 0 Å². The Kier molecular flexibility index (Phi) is 46.6. The first-order chi connectivity index (χ1) is 40.5. The van der Waals surface area contributed by atoms with Gasteiger partial charge >= 0.3 is 0 Å². The van der Waals surface area contributed by atoms with E-state index < -0.39 is 275 Å². The van der Waals surface area contributed by atoms with E-state index in [1.807, 2.05) is 0 Å². The molecule has 0 aliphatic rings. The highest BCUT2D eigenvalue weighted by Gasteiger charge is 2.67. The second-order valence-electron chi connectivity index (χ2n) is 25.0. The van der Waals surface area contributed by atoms with Gasteiger partial charge in [0.05, 0.1) is 0 Å². The molecule has 0 fully saturated rings. The molecule has 91 radical (unpaired) electrons. The average Bonchev–Trinajstić information content (AvgIpc) is 3.31. The van der Waals surface area contributed by atoms with Gasteiger partial charge in [0.1, 0.15) is 0 Å². The summed E-state index contributed by atoms with van der Waals surface area (Å²) in [6, 6.07) is 0. The van der Waals surface area contributed by atoms with Gasteiger partial charge < -0.3 is 0 Å². The highest BCUT2D eigenvalue weighted by Crippen LogP contribution is 2.29. The van der Waals surface area contributed by atoms with Gasteiger partial charge in [0.2, 0.25) is 0 Å². The molecule has 0 spiro atoms. The summed E-state index contributed by atoms with van der Waals surface area (Å²) in [4.78, 5) is 0. The lowest BCUT2D eigenvalue weighted by Gasteiger charge is -2.62. The molecule has 0 unspecified atom stereocenters. The van der Waals surface area contributed by atoms with Crippen molar-refractivity contribution in [3.8, 4) is 0 Å². The minimum absolute atomic E-state index is 1.05. The molecular weight excluding hydrogens is 962 g/mol. The fourth-order valence-corrected chi connectivity index (χ4v) is 15.9. The minimum Gasteiger partial charge on any atom is 0 e. The number of hydrogen-bond donors (Lipinski definition) is 0. The van der Waals surface area contributed by atoms with Crippen LogP contribution in [0.3, 0.4) is 0 Å². The predicted octanol–water partition coefficient (Wildman–Crippen LogP) is -33.9. The normalized spacial score (nSPS) is 9.80. The topological polar surface area (TPSA) is 0 Å². The molecule has 0 aromatic heterocycles. The summed E-state index contributed by atoms with van der Waals surface area (Å²) in [5.74, 6) is 0. The van der Waals surface area contributed by atoms with E-state index in [9.17, 15) is 0 Å². The third kappa shape index (κ3) is 25.6. The molecule has 0 saturated heterocycles. The molecule has 89 heavy (non-hydrogen) atoms. The van der Waals surface area contributed by atoms with E-state index in [1.54, 1.807) is 0 Å². The summed E-state index contributed by atoms with van der Waals surface area (Å²) in [5.41, 5.74) is 0. The van der Waals surface area contributed by atoms with Crippen LogP contribution in [0.15, 0.2) is 0 Å². The second kappa shape index (κ2) is 43.8. The molecule has 0 atom stereocenters. The monoisotopic (exact) mass is 980 g/mol. The molecule has 0 amide bonds. The van der Waals surface area contributed by atoms with Gasteiger partial charge in [-0.1, -0.05) is 0 Å². The van der Waals surface area contributed by atoms with E-state index in [1.165, 1.54) is 0 Å². The largest absolute Gasteiger partial charge is 0 e. The maximum atomic E-state index is 7.29. The molecule has 0 aliphatic heterocycles. The predicted molar refractivity (Wildman–Crippen MR) is 512 cm³/mol. The Labute approximate surface area is 623 Å². The van der Waals surface area contributed by atoms with Gasteiger partial charge in [0, 0.05) is 630 Å². The van der Waals surface area contributed by atoms with Gasteiger partial charge in [-0.2, -0.15) is 0 Å². The first-order valence-electron chi connectivity index (χ1n) is 29.3. The Morgan fingerprint density at radius 2 is 0.180 bits per heavy atom. The van der Waals surface area contributed by atoms with Crippen LogP contribution in [0.1, 0.15) is 0 Å². The van der Waals surface area contributed by atoms with Crippen LogP contribution in [0.25, 0.3) is 0 Å². The molecule has 0 bridgehead atoms. The van der Waals surface area contributed by atoms with Crippen LogP contribution in [0.2, 0.25) is 0 Å². The second-order valence-corrected chi connectivity index (χ2v) is 25.0. The van der Waals surface area contributed by atoms with Crippen LogP contribution in [0.4, 0.5) is 0 Å². The van der Waals surface area contributed by atoms with Crippen molar-refractivity contribution in [2.45, 2.75) is 0 Å². The Hall–Kier alpha value is 5.78. The van der Waals surface area contributed by atoms with E-state index in [4.69, 9.17) is 348 Å². The van der Waals surface area contributed by atoms with Crippen molar-refractivity contribution >= 4 is 630 Å². The first kappa shape index (κ1) is 94.8. The maximum Gasteiger partial charge on any atom is 0 e. The van der Waals surface area contributed by atoms with E-state index in [0.29, 0.717) is 0 Å². The minimum atomic E-state index is -2.09. The van der Waals surface area contributed by atoms with Crippen LogP contribution < -0.4 is 0 Å². The van der Waals surface area contributed by atoms with Crippen molar-refractivity contribution in [2.75, 3.05) is 0 Å². The zero-order valence-corrected chi connectivity index (χ0v) is 51.4. The van der Waals surface area contributed by atoms with Crippen LogP contribution in [0.5, 0.6) is 0 Å². The van der Waals surface area contributed by atoms with Gasteiger partial charge in [-0.3, -0.25) is 0 Å². The van der Waals surface area contributed by atoms with E-state index in [0.717, 1.165) is 7.06 Å².